The van der Waals surface area contributed by atoms with Gasteiger partial charge in [0.1, 0.15) is 6.61 Å². The number of hydrogen-bond donors (Lipinski definition) is 2. The first-order valence-electron chi connectivity index (χ1n) is 5.39. The molecule has 7 heteroatoms. The topological polar surface area (TPSA) is 92.0 Å². The third kappa shape index (κ3) is 5.35. The number of amides is 2. The second-order valence-electron chi connectivity index (χ2n) is 3.67. The van der Waals surface area contributed by atoms with Crippen molar-refractivity contribution in [3.8, 4) is 0 Å². The monoisotopic (exact) mass is 256 g/mol. The Balaban J connectivity index is 2.14. The van der Waals surface area contributed by atoms with Gasteiger partial charge in [0, 0.05) is 19.2 Å². The summed E-state index contributed by atoms with van der Waals surface area (Å²) in [4.78, 5) is 23.2. The summed E-state index contributed by atoms with van der Waals surface area (Å²) in [5, 5.41) is 10.9. The SMILES string of the molecule is CN(Cc1ccoc1)C(=O)NCCOCC(=O)O. The number of nitrogens with one attached hydrogen (secondary N) is 1. The highest BCUT2D eigenvalue weighted by Crippen LogP contribution is 2.03. The maximum Gasteiger partial charge on any atom is 0.329 e. The Morgan fingerprint density at radius 3 is 2.94 bits per heavy atom. The lowest BCUT2D eigenvalue weighted by Crippen LogP contribution is -2.38. The zero-order chi connectivity index (χ0) is 13.4. The standard InChI is InChI=1S/C11H16N2O5/c1-13(6-9-2-4-17-7-9)11(16)12-3-5-18-8-10(14)15/h2,4,7H,3,5-6,8H2,1H3,(H,12,16)(H,14,15). The van der Waals surface area contributed by atoms with Gasteiger partial charge < -0.3 is 24.5 Å². The summed E-state index contributed by atoms with van der Waals surface area (Å²) >= 11 is 0. The predicted molar refractivity (Wildman–Crippen MR) is 62.0 cm³/mol. The van der Waals surface area contributed by atoms with Gasteiger partial charge in [0.15, 0.2) is 0 Å². The molecule has 0 saturated carbocycles. The molecule has 0 aromatic carbocycles. The zero-order valence-electron chi connectivity index (χ0n) is 10.1. The highest BCUT2D eigenvalue weighted by molar-refractivity contribution is 5.73. The number of nitrogens with zero attached hydrogens (tertiary/aromatic N) is 1. The van der Waals surface area contributed by atoms with Gasteiger partial charge in [-0.15, -0.1) is 0 Å². The van der Waals surface area contributed by atoms with Crippen molar-refractivity contribution in [1.82, 2.24) is 10.2 Å². The molecule has 0 unspecified atom stereocenters. The lowest BCUT2D eigenvalue weighted by Gasteiger charge is -2.16. The lowest BCUT2D eigenvalue weighted by molar-refractivity contribution is -0.142. The minimum Gasteiger partial charge on any atom is -0.480 e. The maximum absolute atomic E-state index is 11.6. The highest BCUT2D eigenvalue weighted by Gasteiger charge is 2.08. The Hall–Kier alpha value is -2.02. The number of aliphatic carboxylic acids is 1. The summed E-state index contributed by atoms with van der Waals surface area (Å²) in [6.07, 6.45) is 3.11. The van der Waals surface area contributed by atoms with Crippen molar-refractivity contribution in [2.24, 2.45) is 0 Å². The number of carbonyl (C=O) groups excluding carboxylic acids is 1. The fourth-order valence-corrected chi connectivity index (χ4v) is 1.25. The number of carboxylic acids is 1. The van der Waals surface area contributed by atoms with E-state index in [1.807, 2.05) is 0 Å². The van der Waals surface area contributed by atoms with Crippen molar-refractivity contribution in [2.45, 2.75) is 6.54 Å². The third-order valence-electron chi connectivity index (χ3n) is 2.09. The summed E-state index contributed by atoms with van der Waals surface area (Å²) in [6.45, 7) is 0.512. The molecule has 2 amide bonds. The molecular weight excluding hydrogens is 240 g/mol. The molecule has 0 fully saturated rings. The number of hydrogen-bond acceptors (Lipinski definition) is 4. The Morgan fingerprint density at radius 2 is 2.33 bits per heavy atom. The molecule has 0 aliphatic heterocycles. The molecule has 1 aromatic heterocycles. The number of furan rings is 1. The van der Waals surface area contributed by atoms with E-state index < -0.39 is 5.97 Å². The van der Waals surface area contributed by atoms with Gasteiger partial charge >= 0.3 is 12.0 Å². The first kappa shape index (κ1) is 14.0. The van der Waals surface area contributed by atoms with Gasteiger partial charge in [0.05, 0.1) is 25.7 Å². The molecule has 7 nitrogen and oxygen atoms in total. The van der Waals surface area contributed by atoms with Crippen molar-refractivity contribution in [1.29, 1.82) is 0 Å². The van der Waals surface area contributed by atoms with Crippen molar-refractivity contribution in [3.05, 3.63) is 24.2 Å². The third-order valence-corrected chi connectivity index (χ3v) is 2.09. The van der Waals surface area contributed by atoms with Crippen LogP contribution < -0.4 is 5.32 Å². The zero-order valence-corrected chi connectivity index (χ0v) is 10.1. The van der Waals surface area contributed by atoms with E-state index in [0.29, 0.717) is 6.54 Å². The van der Waals surface area contributed by atoms with E-state index in [0.717, 1.165) is 5.56 Å². The van der Waals surface area contributed by atoms with Crippen molar-refractivity contribution >= 4 is 12.0 Å². The normalized spacial score (nSPS) is 10.1. The second-order valence-corrected chi connectivity index (χ2v) is 3.67. The Kier molecular flexibility index (Phi) is 5.72. The van der Waals surface area contributed by atoms with E-state index in [1.165, 1.54) is 4.90 Å². The minimum absolute atomic E-state index is 0.164. The molecule has 18 heavy (non-hydrogen) atoms. The van der Waals surface area contributed by atoms with Gasteiger partial charge in [0.2, 0.25) is 0 Å². The molecule has 100 valence electrons. The minimum atomic E-state index is -1.03. The molecular formula is C11H16N2O5. The van der Waals surface area contributed by atoms with Crippen LogP contribution in [0.1, 0.15) is 5.56 Å². The molecule has 0 atom stereocenters. The Bertz CT molecular complexity index is 377. The summed E-state index contributed by atoms with van der Waals surface area (Å²) in [5.41, 5.74) is 0.898. The van der Waals surface area contributed by atoms with Crippen LogP contribution in [0.2, 0.25) is 0 Å². The predicted octanol–water partition coefficient (Wildman–Crippen LogP) is 0.522. The van der Waals surface area contributed by atoms with Crippen LogP contribution >= 0.6 is 0 Å². The van der Waals surface area contributed by atoms with Gasteiger partial charge in [-0.3, -0.25) is 0 Å². The molecule has 1 heterocycles. The lowest BCUT2D eigenvalue weighted by atomic mass is 10.3. The van der Waals surface area contributed by atoms with Crippen LogP contribution in [-0.2, 0) is 16.1 Å². The average Bonchev–Trinajstić information content (AvgIpc) is 2.80. The van der Waals surface area contributed by atoms with E-state index in [-0.39, 0.29) is 25.8 Å². The van der Waals surface area contributed by atoms with E-state index in [4.69, 9.17) is 14.3 Å². The van der Waals surface area contributed by atoms with Crippen LogP contribution in [-0.4, -0.2) is 48.8 Å². The Morgan fingerprint density at radius 1 is 1.56 bits per heavy atom. The van der Waals surface area contributed by atoms with Gasteiger partial charge in [-0.2, -0.15) is 0 Å². The molecule has 1 rings (SSSR count). The Labute approximate surface area is 104 Å². The van der Waals surface area contributed by atoms with E-state index in [2.05, 4.69) is 5.32 Å². The maximum atomic E-state index is 11.6. The van der Waals surface area contributed by atoms with Gasteiger partial charge in [-0.05, 0) is 6.07 Å². The van der Waals surface area contributed by atoms with Crippen LogP contribution in [0, 0.1) is 0 Å². The number of urea groups is 1. The van der Waals surface area contributed by atoms with Crippen LogP contribution in [0.15, 0.2) is 23.0 Å². The molecule has 2 N–H and O–H groups in total. The summed E-state index contributed by atoms with van der Waals surface area (Å²) in [6, 6.07) is 1.52. The van der Waals surface area contributed by atoms with E-state index in [1.54, 1.807) is 25.6 Å². The molecule has 0 aliphatic rings. The summed E-state index contributed by atoms with van der Waals surface area (Å²) in [7, 11) is 1.65. The van der Waals surface area contributed by atoms with Gasteiger partial charge in [0.25, 0.3) is 0 Å². The van der Waals surface area contributed by atoms with Gasteiger partial charge in [-0.1, -0.05) is 0 Å². The van der Waals surface area contributed by atoms with E-state index >= 15 is 0 Å². The van der Waals surface area contributed by atoms with Crippen molar-refractivity contribution in [3.63, 3.8) is 0 Å². The van der Waals surface area contributed by atoms with Crippen LogP contribution in [0.25, 0.3) is 0 Å². The first-order chi connectivity index (χ1) is 8.59. The van der Waals surface area contributed by atoms with Crippen LogP contribution in [0.5, 0.6) is 0 Å². The quantitative estimate of drug-likeness (QED) is 0.694. The molecule has 0 spiro atoms. The molecule has 0 bridgehead atoms. The second kappa shape index (κ2) is 7.33. The molecule has 1 aromatic rings. The smallest absolute Gasteiger partial charge is 0.329 e. The summed E-state index contributed by atoms with van der Waals surface area (Å²) in [5.74, 6) is -1.03. The largest absolute Gasteiger partial charge is 0.480 e. The molecule has 0 radical (unpaired) electrons. The molecule has 0 aliphatic carbocycles. The number of ether oxygens (including phenoxy) is 1. The average molecular weight is 256 g/mol. The van der Waals surface area contributed by atoms with E-state index in [9.17, 15) is 9.59 Å². The molecule has 0 saturated heterocycles. The van der Waals surface area contributed by atoms with Crippen molar-refractivity contribution in [2.75, 3.05) is 26.8 Å². The van der Waals surface area contributed by atoms with Gasteiger partial charge in [-0.25, -0.2) is 9.59 Å². The van der Waals surface area contributed by atoms with Crippen LogP contribution in [0.3, 0.4) is 0 Å². The van der Waals surface area contributed by atoms with Crippen LogP contribution in [0.4, 0.5) is 4.79 Å². The fraction of sp³-hybridized carbons (Fsp3) is 0.455. The number of rotatable bonds is 7. The summed E-state index contributed by atoms with van der Waals surface area (Å²) < 4.78 is 9.68. The highest BCUT2D eigenvalue weighted by atomic mass is 16.5. The number of carboxylic acid groups (broad SMARTS) is 1. The fourth-order valence-electron chi connectivity index (χ4n) is 1.25. The number of carbonyl (C=O) groups is 2. The van der Waals surface area contributed by atoms with Crippen molar-refractivity contribution < 1.29 is 23.8 Å². The first-order valence-corrected chi connectivity index (χ1v) is 5.39.